The van der Waals surface area contributed by atoms with E-state index in [1.54, 1.807) is 0 Å². The van der Waals surface area contributed by atoms with Gasteiger partial charge < -0.3 is 9.13 Å². The van der Waals surface area contributed by atoms with Gasteiger partial charge in [0.05, 0.1) is 44.3 Å². The third kappa shape index (κ3) is 7.38. The number of para-hydroxylation sites is 2. The Labute approximate surface area is 578 Å². The lowest BCUT2D eigenvalue weighted by Gasteiger charge is -2.30. The zero-order valence-corrected chi connectivity index (χ0v) is 54.3. The largest absolute Gasteiger partial charge is 0.309 e. The van der Waals surface area contributed by atoms with E-state index in [4.69, 9.17) is 9.97 Å². The van der Waals surface area contributed by atoms with Gasteiger partial charge in [-0.15, -0.1) is 0 Å². The number of hydrogen-bond acceptors (Lipinski definition) is 2. The van der Waals surface area contributed by atoms with Gasteiger partial charge in [-0.3, -0.25) is 0 Å². The number of hydrogen-bond donors (Lipinski definition) is 0. The lowest BCUT2D eigenvalue weighted by Crippen LogP contribution is -2.25. The monoisotopic (exact) mass is 1270 g/mol. The Morgan fingerprint density at radius 2 is 0.520 bits per heavy atom. The third-order valence-corrected chi connectivity index (χ3v) is 22.6. The topological polar surface area (TPSA) is 35.6 Å². The number of fused-ring (bicyclic) bond motifs is 26. The van der Waals surface area contributed by atoms with Crippen molar-refractivity contribution in [2.24, 2.45) is 0 Å². The summed E-state index contributed by atoms with van der Waals surface area (Å²) in [7, 11) is 0. The molecule has 4 heteroatoms. The lowest BCUT2D eigenvalue weighted by atomic mass is 9.70. The van der Waals surface area contributed by atoms with Crippen molar-refractivity contribution in [1.29, 1.82) is 0 Å². The highest BCUT2D eigenvalue weighted by Crippen LogP contribution is 2.66. The molecule has 2 spiro atoms. The van der Waals surface area contributed by atoms with Gasteiger partial charge in [0, 0.05) is 49.6 Å². The minimum Gasteiger partial charge on any atom is -0.309 e. The highest BCUT2D eigenvalue weighted by Gasteiger charge is 2.53. The summed E-state index contributed by atoms with van der Waals surface area (Å²) in [5.41, 5.74) is 36.1. The van der Waals surface area contributed by atoms with Gasteiger partial charge in [-0.2, -0.15) is 0 Å². The van der Waals surface area contributed by atoms with Crippen LogP contribution >= 0.6 is 0 Å². The Morgan fingerprint density at radius 3 is 0.930 bits per heavy atom. The van der Waals surface area contributed by atoms with E-state index in [-0.39, 0.29) is 0 Å². The van der Waals surface area contributed by atoms with Crippen LogP contribution in [0.3, 0.4) is 0 Å². The smallest absolute Gasteiger partial charge is 0.160 e. The molecule has 0 aliphatic heterocycles. The highest BCUT2D eigenvalue weighted by molar-refractivity contribution is 6.14. The molecule has 0 amide bonds. The number of benzene rings is 15. The van der Waals surface area contributed by atoms with Gasteiger partial charge in [0.25, 0.3) is 0 Å². The maximum atomic E-state index is 5.55. The van der Waals surface area contributed by atoms with E-state index in [1.807, 2.05) is 0 Å². The molecule has 0 atom stereocenters. The minimum atomic E-state index is -0.446. The molecule has 0 fully saturated rings. The molecule has 3 heterocycles. The van der Waals surface area contributed by atoms with Gasteiger partial charge in [0.15, 0.2) is 5.82 Å². The normalized spacial score (nSPS) is 13.6. The van der Waals surface area contributed by atoms with Crippen molar-refractivity contribution in [3.63, 3.8) is 0 Å². The zero-order chi connectivity index (χ0) is 65.4. The van der Waals surface area contributed by atoms with Gasteiger partial charge in [0.1, 0.15) is 0 Å². The summed E-state index contributed by atoms with van der Waals surface area (Å²) in [4.78, 5) is 11.1. The van der Waals surface area contributed by atoms with Crippen molar-refractivity contribution in [2.75, 3.05) is 0 Å². The molecule has 3 aromatic heterocycles. The molecular weight excluding hydrogens is 1210 g/mol. The molecule has 0 bridgehead atoms. The molecule has 0 N–H and O–H groups in total. The Bertz CT molecular complexity index is 6060. The van der Waals surface area contributed by atoms with Crippen molar-refractivity contribution in [3.05, 3.63) is 396 Å². The van der Waals surface area contributed by atoms with Crippen LogP contribution in [0.2, 0.25) is 0 Å². The van der Waals surface area contributed by atoms with Crippen molar-refractivity contribution < 1.29 is 0 Å². The molecule has 4 aliphatic rings. The fourth-order valence-corrected chi connectivity index (χ4v) is 18.7. The first-order valence-corrected chi connectivity index (χ1v) is 34.7. The first-order chi connectivity index (χ1) is 49.6. The Balaban J connectivity index is 0.759. The molecule has 15 aromatic carbocycles. The molecule has 0 saturated heterocycles. The summed E-state index contributed by atoms with van der Waals surface area (Å²) >= 11 is 0. The highest BCUT2D eigenvalue weighted by atomic mass is 15.0. The van der Waals surface area contributed by atoms with E-state index in [9.17, 15) is 0 Å². The van der Waals surface area contributed by atoms with Crippen LogP contribution in [-0.4, -0.2) is 19.1 Å². The van der Waals surface area contributed by atoms with Crippen LogP contribution < -0.4 is 0 Å². The maximum Gasteiger partial charge on any atom is 0.160 e. The van der Waals surface area contributed by atoms with Crippen LogP contribution in [-0.2, 0) is 10.8 Å². The van der Waals surface area contributed by atoms with E-state index in [0.717, 1.165) is 61.5 Å². The first kappa shape index (κ1) is 55.1. The van der Waals surface area contributed by atoms with Crippen molar-refractivity contribution in [2.45, 2.75) is 10.8 Å². The molecular formula is C96H58N4. The van der Waals surface area contributed by atoms with Gasteiger partial charge >= 0.3 is 0 Å². The molecule has 18 aromatic rings. The molecule has 0 saturated carbocycles. The van der Waals surface area contributed by atoms with E-state index in [2.05, 4.69) is 361 Å². The van der Waals surface area contributed by atoms with Crippen molar-refractivity contribution in [3.8, 4) is 112 Å². The second-order valence-corrected chi connectivity index (χ2v) is 27.3. The fraction of sp³-hybridized carbons (Fsp3) is 0.0208. The predicted molar refractivity (Wildman–Crippen MR) is 410 cm³/mol. The minimum absolute atomic E-state index is 0.446. The van der Waals surface area contributed by atoms with E-state index < -0.39 is 10.8 Å². The summed E-state index contributed by atoms with van der Waals surface area (Å²) in [6, 6.07) is 131. The van der Waals surface area contributed by atoms with Crippen molar-refractivity contribution in [1.82, 2.24) is 19.1 Å². The lowest BCUT2D eigenvalue weighted by molar-refractivity contribution is 0.794. The SMILES string of the molecule is c1ccc(-c2cc(-c3ccccc3)nc(-c3cc(-n4c5ccccc5c5cc(-c6cccc7c6-c6ccccc6C76c7ccccc7-c7ccccc76)ccc54)cc(-n4c5ccccc5c5cc(-c6cccc7c6-c6ccccc6C76c7ccccc7-c7ccccc76)ccc54)c3)n2)cc1. The fourth-order valence-electron chi connectivity index (χ4n) is 18.7. The molecule has 22 rings (SSSR count). The molecule has 4 nitrogen and oxygen atoms in total. The summed E-state index contributed by atoms with van der Waals surface area (Å²) in [5.74, 6) is 0.640. The predicted octanol–water partition coefficient (Wildman–Crippen LogP) is 23.7. The molecule has 0 unspecified atom stereocenters. The first-order valence-electron chi connectivity index (χ1n) is 34.7. The number of rotatable bonds is 7. The van der Waals surface area contributed by atoms with E-state index >= 15 is 0 Å². The summed E-state index contributed by atoms with van der Waals surface area (Å²) in [6.45, 7) is 0. The quantitative estimate of drug-likeness (QED) is 0.159. The summed E-state index contributed by atoms with van der Waals surface area (Å²) < 4.78 is 4.95. The van der Waals surface area contributed by atoms with Gasteiger partial charge in [0.2, 0.25) is 0 Å². The number of aromatic nitrogens is 4. The summed E-state index contributed by atoms with van der Waals surface area (Å²) in [6.07, 6.45) is 0. The zero-order valence-electron chi connectivity index (χ0n) is 54.3. The van der Waals surface area contributed by atoms with Crippen LogP contribution in [0.1, 0.15) is 44.5 Å². The van der Waals surface area contributed by atoms with Crippen LogP contribution in [0.5, 0.6) is 0 Å². The maximum absolute atomic E-state index is 5.55. The average molecular weight is 1270 g/mol. The Hall–Kier alpha value is -13.0. The van der Waals surface area contributed by atoms with Crippen LogP contribution in [0.25, 0.3) is 156 Å². The molecule has 462 valence electrons. The standard InChI is InChI=1S/C96H58N4/c1-3-25-59(26-4-1)86-58-87(60-27-5-2-6-28-60)98-94(97-86)63-53-64(99-88-47-21-13-33-72(88)76-55-61(49-51-90(76)99)66-37-23-45-84-92(66)74-35-11-19-43-82(74)95(84)78-39-15-7-29-68(78)69-30-8-16-40-79(69)95)57-65(54-63)100-89-48-22-14-34-73(89)77-56-62(50-52-91(77)100)67-38-24-46-85-93(67)75-36-12-20-44-83(75)96(85)80-41-17-9-31-70(80)71-32-10-18-42-81(71)96/h1-58H. The molecule has 0 radical (unpaired) electrons. The van der Waals surface area contributed by atoms with E-state index in [1.165, 1.54) is 133 Å². The summed E-state index contributed by atoms with van der Waals surface area (Å²) in [5, 5.41) is 4.70. The van der Waals surface area contributed by atoms with Crippen LogP contribution in [0.4, 0.5) is 0 Å². The second kappa shape index (κ2) is 20.8. The van der Waals surface area contributed by atoms with E-state index in [0.29, 0.717) is 5.82 Å². The van der Waals surface area contributed by atoms with Gasteiger partial charge in [-0.05, 0) is 172 Å². The number of nitrogens with zero attached hydrogens (tertiary/aromatic N) is 4. The van der Waals surface area contributed by atoms with Crippen molar-refractivity contribution >= 4 is 43.6 Å². The molecule has 4 aliphatic carbocycles. The van der Waals surface area contributed by atoms with Gasteiger partial charge in [-0.25, -0.2) is 9.97 Å². The van der Waals surface area contributed by atoms with Gasteiger partial charge in [-0.1, -0.05) is 291 Å². The van der Waals surface area contributed by atoms with Crippen LogP contribution in [0.15, 0.2) is 352 Å². The molecule has 100 heavy (non-hydrogen) atoms. The average Bonchev–Trinajstić information content (AvgIpc) is 1.51. The Kier molecular flexibility index (Phi) is 11.4. The third-order valence-electron chi connectivity index (χ3n) is 22.6. The van der Waals surface area contributed by atoms with Crippen LogP contribution in [0, 0.1) is 0 Å². The Morgan fingerprint density at radius 1 is 0.200 bits per heavy atom. The second-order valence-electron chi connectivity index (χ2n) is 27.3.